The van der Waals surface area contributed by atoms with Crippen LogP contribution in [0.3, 0.4) is 0 Å². The average Bonchev–Trinajstić information content (AvgIpc) is 2.51. The Balaban J connectivity index is 0.00000144. The minimum atomic E-state index is -0.223. The molecule has 0 unspecified atom stereocenters. The summed E-state index contributed by atoms with van der Waals surface area (Å²) >= 11 is 3.08. The van der Waals surface area contributed by atoms with Crippen molar-refractivity contribution in [2.24, 2.45) is 7.05 Å². The summed E-state index contributed by atoms with van der Waals surface area (Å²) in [5, 5.41) is 7.16. The number of hydrogen-bond donors (Lipinski definition) is 2. The van der Waals surface area contributed by atoms with Crippen molar-refractivity contribution < 1.29 is 0 Å². The van der Waals surface area contributed by atoms with E-state index in [1.165, 1.54) is 6.20 Å². The zero-order valence-electron chi connectivity index (χ0n) is 9.19. The molecule has 0 aliphatic carbocycles. The van der Waals surface area contributed by atoms with Crippen molar-refractivity contribution in [3.63, 3.8) is 0 Å². The van der Waals surface area contributed by atoms with Crippen molar-refractivity contribution in [2.75, 3.05) is 5.32 Å². The monoisotopic (exact) mass is 319 g/mol. The van der Waals surface area contributed by atoms with Gasteiger partial charge in [-0.05, 0) is 22.9 Å². The summed E-state index contributed by atoms with van der Waals surface area (Å²) in [6.07, 6.45) is 3.27. The third kappa shape index (κ3) is 3.07. The Morgan fingerprint density at radius 2 is 2.24 bits per heavy atom. The molecule has 0 aromatic carbocycles. The van der Waals surface area contributed by atoms with Crippen LogP contribution >= 0.6 is 28.3 Å². The molecule has 2 aromatic rings. The number of nitrogens with one attached hydrogen (secondary N) is 2. The second kappa shape index (κ2) is 5.33. The number of anilines is 2. The molecule has 92 valence electrons. The fourth-order valence-corrected chi connectivity index (χ4v) is 1.49. The van der Waals surface area contributed by atoms with Crippen LogP contribution in [-0.4, -0.2) is 19.7 Å². The number of halogens is 2. The smallest absolute Gasteiger partial charge is 0.266 e. The Bertz CT molecular complexity index is 579. The van der Waals surface area contributed by atoms with Crippen LogP contribution in [-0.2, 0) is 7.05 Å². The minimum absolute atomic E-state index is 0. The van der Waals surface area contributed by atoms with Gasteiger partial charge in [0.1, 0.15) is 4.47 Å². The Hall–Kier alpha value is -1.34. The molecule has 0 saturated heterocycles. The van der Waals surface area contributed by atoms with E-state index in [1.807, 2.05) is 20.2 Å². The van der Waals surface area contributed by atoms with E-state index < -0.39 is 0 Å². The quantitative estimate of drug-likeness (QED) is 0.884. The van der Waals surface area contributed by atoms with Crippen LogP contribution in [0.15, 0.2) is 21.7 Å². The highest BCUT2D eigenvalue weighted by atomic mass is 79.9. The summed E-state index contributed by atoms with van der Waals surface area (Å²) in [6.45, 7) is 1.87. The van der Waals surface area contributed by atoms with E-state index in [0.717, 1.165) is 11.4 Å². The van der Waals surface area contributed by atoms with Gasteiger partial charge in [0.05, 0.1) is 17.6 Å². The molecule has 0 radical (unpaired) electrons. The first-order chi connectivity index (χ1) is 7.56. The molecule has 0 spiro atoms. The highest BCUT2D eigenvalue weighted by Crippen LogP contribution is 2.15. The normalized spacial score (nSPS) is 9.82. The largest absolute Gasteiger partial charge is 0.323 e. The molecule has 2 N–H and O–H groups in total. The maximum Gasteiger partial charge on any atom is 0.266 e. The van der Waals surface area contributed by atoms with Crippen LogP contribution in [0.5, 0.6) is 0 Å². The Labute approximate surface area is 112 Å². The summed E-state index contributed by atoms with van der Waals surface area (Å²) in [6, 6.07) is 0. The molecule has 0 aliphatic heterocycles. The lowest BCUT2D eigenvalue weighted by atomic mass is 10.4. The van der Waals surface area contributed by atoms with Crippen molar-refractivity contribution in [1.82, 2.24) is 19.7 Å². The number of hydrogen-bond acceptors (Lipinski definition) is 4. The number of aromatic nitrogens is 4. The molecule has 0 amide bonds. The Morgan fingerprint density at radius 1 is 1.53 bits per heavy atom. The number of aryl methyl sites for hydroxylation is 2. The van der Waals surface area contributed by atoms with E-state index in [0.29, 0.717) is 10.4 Å². The molecule has 0 bridgehead atoms. The molecular formula is C9H11BrClN5O. The third-order valence-corrected chi connectivity index (χ3v) is 2.59. The van der Waals surface area contributed by atoms with Gasteiger partial charge in [-0.1, -0.05) is 0 Å². The molecule has 2 aromatic heterocycles. The molecule has 8 heteroatoms. The summed E-state index contributed by atoms with van der Waals surface area (Å²) < 4.78 is 2.09. The highest BCUT2D eigenvalue weighted by Gasteiger charge is 2.05. The van der Waals surface area contributed by atoms with Crippen LogP contribution < -0.4 is 10.9 Å². The van der Waals surface area contributed by atoms with Gasteiger partial charge >= 0.3 is 0 Å². The average molecular weight is 321 g/mol. The van der Waals surface area contributed by atoms with Gasteiger partial charge in [-0.2, -0.15) is 5.10 Å². The van der Waals surface area contributed by atoms with Crippen LogP contribution in [0.1, 0.15) is 5.69 Å². The standard InChI is InChI=1S/C9H10BrN5O.ClH/c1-5-7(4-15(2)14-5)12-9-11-3-6(10)8(16)13-9;/h3-4H,1-2H3,(H2,11,12,13,16);1H. The van der Waals surface area contributed by atoms with Gasteiger partial charge < -0.3 is 5.32 Å². The molecule has 0 fully saturated rings. The maximum atomic E-state index is 11.3. The summed E-state index contributed by atoms with van der Waals surface area (Å²) in [5.41, 5.74) is 1.43. The Morgan fingerprint density at radius 3 is 2.76 bits per heavy atom. The van der Waals surface area contributed by atoms with Crippen molar-refractivity contribution in [3.05, 3.63) is 32.9 Å². The van der Waals surface area contributed by atoms with E-state index in [-0.39, 0.29) is 18.0 Å². The fraction of sp³-hybridized carbons (Fsp3) is 0.222. The van der Waals surface area contributed by atoms with Crippen molar-refractivity contribution in [3.8, 4) is 0 Å². The predicted molar refractivity (Wildman–Crippen MR) is 71.0 cm³/mol. The minimum Gasteiger partial charge on any atom is -0.323 e. The van der Waals surface area contributed by atoms with Crippen molar-refractivity contribution >= 4 is 40.0 Å². The number of aromatic amines is 1. The second-order valence-electron chi connectivity index (χ2n) is 3.34. The first kappa shape index (κ1) is 13.7. The molecule has 6 nitrogen and oxygen atoms in total. The molecule has 2 rings (SSSR count). The van der Waals surface area contributed by atoms with Gasteiger partial charge in [-0.25, -0.2) is 4.98 Å². The van der Waals surface area contributed by atoms with Crippen LogP contribution in [0, 0.1) is 6.92 Å². The molecule has 0 atom stereocenters. The summed E-state index contributed by atoms with van der Waals surface area (Å²) in [4.78, 5) is 17.9. The van der Waals surface area contributed by atoms with E-state index in [1.54, 1.807) is 4.68 Å². The van der Waals surface area contributed by atoms with E-state index in [2.05, 4.69) is 36.3 Å². The summed E-state index contributed by atoms with van der Waals surface area (Å²) in [7, 11) is 1.83. The van der Waals surface area contributed by atoms with Crippen molar-refractivity contribution in [1.29, 1.82) is 0 Å². The van der Waals surface area contributed by atoms with E-state index in [4.69, 9.17) is 0 Å². The van der Waals surface area contributed by atoms with Gasteiger partial charge in [0.15, 0.2) is 0 Å². The molecule has 17 heavy (non-hydrogen) atoms. The summed E-state index contributed by atoms with van der Waals surface area (Å²) in [5.74, 6) is 0.393. The zero-order valence-corrected chi connectivity index (χ0v) is 11.6. The lowest BCUT2D eigenvalue weighted by Crippen LogP contribution is -2.10. The number of H-pyrrole nitrogens is 1. The van der Waals surface area contributed by atoms with Gasteiger partial charge in [0.2, 0.25) is 5.95 Å². The second-order valence-corrected chi connectivity index (χ2v) is 4.19. The molecular weight excluding hydrogens is 309 g/mol. The molecule has 0 aliphatic rings. The van der Waals surface area contributed by atoms with Gasteiger partial charge in [0.25, 0.3) is 5.56 Å². The maximum absolute atomic E-state index is 11.3. The number of rotatable bonds is 2. The third-order valence-electron chi connectivity index (χ3n) is 2.02. The number of nitrogens with zero attached hydrogens (tertiary/aromatic N) is 3. The van der Waals surface area contributed by atoms with Gasteiger partial charge in [-0.3, -0.25) is 14.5 Å². The Kier molecular flexibility index (Phi) is 4.30. The van der Waals surface area contributed by atoms with Crippen molar-refractivity contribution in [2.45, 2.75) is 6.92 Å². The van der Waals surface area contributed by atoms with Gasteiger partial charge in [-0.15, -0.1) is 12.4 Å². The van der Waals surface area contributed by atoms with E-state index in [9.17, 15) is 4.79 Å². The van der Waals surface area contributed by atoms with Crippen LogP contribution in [0.4, 0.5) is 11.6 Å². The lowest BCUT2D eigenvalue weighted by molar-refractivity contribution is 0.756. The SMILES string of the molecule is Cc1nn(C)cc1Nc1ncc(Br)c(=O)[nH]1.Cl. The van der Waals surface area contributed by atoms with Crippen LogP contribution in [0.2, 0.25) is 0 Å². The molecule has 2 heterocycles. The fourth-order valence-electron chi connectivity index (χ4n) is 1.29. The topological polar surface area (TPSA) is 75.6 Å². The van der Waals surface area contributed by atoms with Crippen LogP contribution in [0.25, 0.3) is 0 Å². The predicted octanol–water partition coefficient (Wildman–Crippen LogP) is 1.74. The zero-order chi connectivity index (χ0) is 11.7. The molecule has 0 saturated carbocycles. The lowest BCUT2D eigenvalue weighted by Gasteiger charge is -2.02. The first-order valence-electron chi connectivity index (χ1n) is 4.58. The van der Waals surface area contributed by atoms with E-state index >= 15 is 0 Å². The van der Waals surface area contributed by atoms with Gasteiger partial charge in [0, 0.05) is 13.2 Å². The highest BCUT2D eigenvalue weighted by molar-refractivity contribution is 9.10. The first-order valence-corrected chi connectivity index (χ1v) is 5.37.